The van der Waals surface area contributed by atoms with Crippen molar-refractivity contribution in [3.63, 3.8) is 0 Å². The van der Waals surface area contributed by atoms with Crippen LogP contribution in [0.5, 0.6) is 0 Å². The fourth-order valence-corrected chi connectivity index (χ4v) is 2.61. The summed E-state index contributed by atoms with van der Waals surface area (Å²) >= 11 is 0. The van der Waals surface area contributed by atoms with Crippen molar-refractivity contribution in [1.82, 2.24) is 24.6 Å². The van der Waals surface area contributed by atoms with E-state index in [9.17, 15) is 0 Å². The Morgan fingerprint density at radius 2 is 1.83 bits per heavy atom. The first-order valence-electron chi connectivity index (χ1n) is 8.25. The molecule has 0 fully saturated rings. The first-order chi connectivity index (χ1) is 11.4. The van der Waals surface area contributed by atoms with E-state index in [1.165, 1.54) is 0 Å². The number of aromatic amines is 1. The van der Waals surface area contributed by atoms with Gasteiger partial charge in [-0.25, -0.2) is 9.67 Å². The molecule has 0 saturated heterocycles. The number of imidazole rings is 1. The standard InChI is InChI=1S/C19H25N5/c1-19(2,3)18-20-12-16(21-18)14-23(4)13-15-10-11-24(22-15)17-8-6-5-7-9-17/h5-12H,13-14H2,1-4H3,(H,20,21). The van der Waals surface area contributed by atoms with Gasteiger partial charge in [-0.1, -0.05) is 39.0 Å². The monoisotopic (exact) mass is 323 g/mol. The minimum absolute atomic E-state index is 0.0469. The van der Waals surface area contributed by atoms with E-state index in [-0.39, 0.29) is 5.41 Å². The Hall–Kier alpha value is -2.40. The summed E-state index contributed by atoms with van der Waals surface area (Å²) in [4.78, 5) is 10.1. The van der Waals surface area contributed by atoms with Gasteiger partial charge >= 0.3 is 0 Å². The van der Waals surface area contributed by atoms with Crippen molar-refractivity contribution >= 4 is 0 Å². The van der Waals surface area contributed by atoms with Gasteiger partial charge < -0.3 is 4.98 Å². The van der Waals surface area contributed by atoms with E-state index in [1.54, 1.807) is 0 Å². The maximum atomic E-state index is 4.66. The molecule has 1 aromatic carbocycles. The van der Waals surface area contributed by atoms with E-state index in [0.29, 0.717) is 0 Å². The highest BCUT2D eigenvalue weighted by Crippen LogP contribution is 2.19. The van der Waals surface area contributed by atoms with Crippen molar-refractivity contribution in [1.29, 1.82) is 0 Å². The third-order valence-electron chi connectivity index (χ3n) is 3.88. The highest BCUT2D eigenvalue weighted by molar-refractivity contribution is 5.30. The van der Waals surface area contributed by atoms with Crippen LogP contribution in [0.2, 0.25) is 0 Å². The molecule has 0 radical (unpaired) electrons. The normalized spacial score (nSPS) is 12.0. The fraction of sp³-hybridized carbons (Fsp3) is 0.368. The lowest BCUT2D eigenvalue weighted by molar-refractivity contribution is 0.310. The Balaban J connectivity index is 1.62. The molecule has 2 heterocycles. The van der Waals surface area contributed by atoms with Gasteiger partial charge in [-0.3, -0.25) is 4.90 Å². The summed E-state index contributed by atoms with van der Waals surface area (Å²) in [6, 6.07) is 12.2. The smallest absolute Gasteiger partial charge is 0.111 e. The minimum atomic E-state index is 0.0469. The van der Waals surface area contributed by atoms with Gasteiger partial charge in [-0.05, 0) is 25.2 Å². The molecule has 0 aliphatic carbocycles. The topological polar surface area (TPSA) is 49.7 Å². The molecule has 1 N–H and O–H groups in total. The summed E-state index contributed by atoms with van der Waals surface area (Å²) in [5.41, 5.74) is 3.31. The molecule has 0 saturated carbocycles. The summed E-state index contributed by atoms with van der Waals surface area (Å²) in [6.45, 7) is 8.10. The van der Waals surface area contributed by atoms with Crippen LogP contribution >= 0.6 is 0 Å². The number of benzene rings is 1. The van der Waals surface area contributed by atoms with Crippen molar-refractivity contribution in [2.75, 3.05) is 7.05 Å². The third-order valence-corrected chi connectivity index (χ3v) is 3.88. The predicted molar refractivity (Wildman–Crippen MR) is 96.0 cm³/mol. The zero-order chi connectivity index (χ0) is 17.2. The van der Waals surface area contributed by atoms with E-state index in [4.69, 9.17) is 0 Å². The van der Waals surface area contributed by atoms with Crippen molar-refractivity contribution in [2.24, 2.45) is 0 Å². The first kappa shape index (κ1) is 16.5. The second-order valence-corrected chi connectivity index (χ2v) is 7.27. The van der Waals surface area contributed by atoms with Crippen LogP contribution < -0.4 is 0 Å². The highest BCUT2D eigenvalue weighted by Gasteiger charge is 2.17. The number of nitrogens with zero attached hydrogens (tertiary/aromatic N) is 4. The van der Waals surface area contributed by atoms with Crippen LogP contribution in [-0.4, -0.2) is 31.7 Å². The van der Waals surface area contributed by atoms with Crippen LogP contribution in [0.3, 0.4) is 0 Å². The lowest BCUT2D eigenvalue weighted by atomic mass is 9.96. The molecule has 0 atom stereocenters. The summed E-state index contributed by atoms with van der Waals surface area (Å²) in [6.07, 6.45) is 3.94. The average molecular weight is 323 g/mol. The molecule has 2 aromatic heterocycles. The predicted octanol–water partition coefficient (Wildman–Crippen LogP) is 3.52. The molecule has 24 heavy (non-hydrogen) atoms. The maximum absolute atomic E-state index is 4.66. The van der Waals surface area contributed by atoms with Crippen LogP contribution in [0.1, 0.15) is 38.0 Å². The minimum Gasteiger partial charge on any atom is -0.344 e. The molecular formula is C19H25N5. The second-order valence-electron chi connectivity index (χ2n) is 7.27. The number of para-hydroxylation sites is 1. The van der Waals surface area contributed by atoms with Crippen LogP contribution in [0.15, 0.2) is 48.8 Å². The van der Waals surface area contributed by atoms with Gasteiger partial charge in [-0.15, -0.1) is 0 Å². The Bertz CT molecular complexity index is 779. The molecule has 0 aliphatic heterocycles. The average Bonchev–Trinajstić information content (AvgIpc) is 3.17. The van der Waals surface area contributed by atoms with Crippen LogP contribution in [-0.2, 0) is 18.5 Å². The van der Waals surface area contributed by atoms with Crippen molar-refractivity contribution in [2.45, 2.75) is 39.3 Å². The van der Waals surface area contributed by atoms with Gasteiger partial charge in [0.1, 0.15) is 5.82 Å². The molecule has 0 spiro atoms. The van der Waals surface area contributed by atoms with E-state index >= 15 is 0 Å². The molecule has 0 unspecified atom stereocenters. The van der Waals surface area contributed by atoms with Crippen LogP contribution in [0, 0.1) is 0 Å². The summed E-state index contributed by atoms with van der Waals surface area (Å²) in [5, 5.41) is 4.66. The van der Waals surface area contributed by atoms with Crippen molar-refractivity contribution in [3.05, 3.63) is 66.0 Å². The maximum Gasteiger partial charge on any atom is 0.111 e. The van der Waals surface area contributed by atoms with Crippen LogP contribution in [0.4, 0.5) is 0 Å². The Labute approximate surface area is 143 Å². The van der Waals surface area contributed by atoms with Gasteiger partial charge in [0.25, 0.3) is 0 Å². The first-order valence-corrected chi connectivity index (χ1v) is 8.25. The summed E-state index contributed by atoms with van der Waals surface area (Å²) < 4.78 is 1.91. The molecule has 3 aromatic rings. The SMILES string of the molecule is CN(Cc1ccn(-c2ccccc2)n1)Cc1cnc(C(C)(C)C)[nH]1. The van der Waals surface area contributed by atoms with Gasteiger partial charge in [0.05, 0.1) is 11.4 Å². The van der Waals surface area contributed by atoms with E-state index < -0.39 is 0 Å². The Morgan fingerprint density at radius 1 is 1.08 bits per heavy atom. The Kier molecular flexibility index (Phi) is 4.53. The fourth-order valence-electron chi connectivity index (χ4n) is 2.61. The van der Waals surface area contributed by atoms with Crippen LogP contribution in [0.25, 0.3) is 5.69 Å². The molecule has 5 nitrogen and oxygen atoms in total. The summed E-state index contributed by atoms with van der Waals surface area (Å²) in [7, 11) is 2.10. The van der Waals surface area contributed by atoms with E-state index in [1.807, 2.05) is 35.3 Å². The molecule has 0 bridgehead atoms. The number of rotatable bonds is 5. The molecule has 0 aliphatic rings. The second kappa shape index (κ2) is 6.61. The molecule has 126 valence electrons. The molecule has 3 rings (SSSR count). The van der Waals surface area contributed by atoms with Gasteiger partial charge in [-0.2, -0.15) is 5.10 Å². The lowest BCUT2D eigenvalue weighted by Gasteiger charge is -2.16. The summed E-state index contributed by atoms with van der Waals surface area (Å²) in [5.74, 6) is 1.03. The van der Waals surface area contributed by atoms with Gasteiger partial charge in [0, 0.05) is 36.6 Å². The number of nitrogens with one attached hydrogen (secondary N) is 1. The molecule has 5 heteroatoms. The van der Waals surface area contributed by atoms with Gasteiger partial charge in [0.2, 0.25) is 0 Å². The quantitative estimate of drug-likeness (QED) is 0.781. The zero-order valence-electron chi connectivity index (χ0n) is 14.8. The number of H-pyrrole nitrogens is 1. The van der Waals surface area contributed by atoms with E-state index in [2.05, 4.69) is 66.0 Å². The number of hydrogen-bond acceptors (Lipinski definition) is 3. The van der Waals surface area contributed by atoms with E-state index in [0.717, 1.165) is 36.0 Å². The highest BCUT2D eigenvalue weighted by atomic mass is 15.3. The zero-order valence-corrected chi connectivity index (χ0v) is 14.8. The Morgan fingerprint density at radius 3 is 2.50 bits per heavy atom. The van der Waals surface area contributed by atoms with Crippen molar-refractivity contribution < 1.29 is 0 Å². The van der Waals surface area contributed by atoms with Gasteiger partial charge in [0.15, 0.2) is 0 Å². The number of aromatic nitrogens is 4. The molecule has 0 amide bonds. The lowest BCUT2D eigenvalue weighted by Crippen LogP contribution is -2.18. The largest absolute Gasteiger partial charge is 0.344 e. The third kappa shape index (κ3) is 3.92. The molecular weight excluding hydrogens is 298 g/mol. The van der Waals surface area contributed by atoms with Crippen molar-refractivity contribution in [3.8, 4) is 5.69 Å². The number of hydrogen-bond donors (Lipinski definition) is 1.